The zero-order valence-corrected chi connectivity index (χ0v) is 16.7. The first-order valence-corrected chi connectivity index (χ1v) is 10.3. The van der Waals surface area contributed by atoms with Crippen molar-refractivity contribution in [2.24, 2.45) is 0 Å². The lowest BCUT2D eigenvalue weighted by Gasteiger charge is -2.29. The van der Waals surface area contributed by atoms with Crippen LogP contribution < -0.4 is 15.0 Å². The molecular weight excluding hydrogens is 370 g/mol. The Balaban J connectivity index is 1.58. The van der Waals surface area contributed by atoms with E-state index in [0.717, 1.165) is 43.7 Å². The van der Waals surface area contributed by atoms with E-state index < -0.39 is 0 Å². The number of rotatable bonds is 6. The van der Waals surface area contributed by atoms with Gasteiger partial charge in [-0.25, -0.2) is 4.98 Å². The Labute approximate surface area is 170 Å². The molecule has 4 rings (SSSR count). The highest BCUT2D eigenvalue weighted by Gasteiger charge is 2.27. The smallest absolute Gasteiger partial charge is 0.270 e. The summed E-state index contributed by atoms with van der Waals surface area (Å²) in [4.78, 5) is 35.6. The molecule has 29 heavy (non-hydrogen) atoms. The van der Waals surface area contributed by atoms with Crippen molar-refractivity contribution in [3.05, 3.63) is 30.1 Å². The fourth-order valence-electron chi connectivity index (χ4n) is 3.82. The molecule has 2 aliphatic heterocycles. The first-order valence-electron chi connectivity index (χ1n) is 10.3. The third-order valence-electron chi connectivity index (χ3n) is 5.47. The molecule has 0 spiro atoms. The molecule has 1 saturated heterocycles. The third kappa shape index (κ3) is 4.06. The molecule has 2 N–H and O–H groups in total. The third-order valence-corrected chi connectivity index (χ3v) is 5.47. The topological polar surface area (TPSA) is 90.6 Å². The summed E-state index contributed by atoms with van der Waals surface area (Å²) in [5.41, 5.74) is 1.48. The second-order valence-electron chi connectivity index (χ2n) is 7.44. The van der Waals surface area contributed by atoms with Gasteiger partial charge in [-0.1, -0.05) is 6.92 Å². The summed E-state index contributed by atoms with van der Waals surface area (Å²) in [5, 5.41) is 3.14. The zero-order valence-electron chi connectivity index (χ0n) is 16.7. The van der Waals surface area contributed by atoms with Crippen molar-refractivity contribution in [1.82, 2.24) is 14.9 Å². The zero-order chi connectivity index (χ0) is 20.2. The minimum Gasteiger partial charge on any atom is -0.488 e. The van der Waals surface area contributed by atoms with Crippen LogP contribution in [0.3, 0.4) is 0 Å². The van der Waals surface area contributed by atoms with Crippen molar-refractivity contribution in [1.29, 1.82) is 0 Å². The molecule has 1 atom stereocenters. The van der Waals surface area contributed by atoms with Gasteiger partial charge >= 0.3 is 0 Å². The number of pyridine rings is 1. The van der Waals surface area contributed by atoms with Crippen LogP contribution >= 0.6 is 0 Å². The van der Waals surface area contributed by atoms with E-state index in [4.69, 9.17) is 4.74 Å². The lowest BCUT2D eigenvalue weighted by atomic mass is 10.1. The quantitative estimate of drug-likeness (QED) is 0.729. The molecule has 4 heterocycles. The monoisotopic (exact) mass is 397 g/mol. The van der Waals surface area contributed by atoms with Crippen molar-refractivity contribution in [2.75, 3.05) is 36.5 Å². The number of hydrogen-bond acceptors (Lipinski definition) is 6. The normalized spacial score (nSPS) is 17.3. The van der Waals surface area contributed by atoms with E-state index in [-0.39, 0.29) is 11.9 Å². The Morgan fingerprint density at radius 3 is 2.90 bits per heavy atom. The van der Waals surface area contributed by atoms with Crippen molar-refractivity contribution < 1.29 is 14.3 Å². The van der Waals surface area contributed by atoms with E-state index in [1.54, 1.807) is 12.3 Å². The summed E-state index contributed by atoms with van der Waals surface area (Å²) in [6.45, 7) is 4.74. The molecule has 0 aromatic carbocycles. The van der Waals surface area contributed by atoms with E-state index in [1.807, 2.05) is 24.0 Å². The fraction of sp³-hybridized carbons (Fsp3) is 0.476. The van der Waals surface area contributed by atoms with Gasteiger partial charge in [0.25, 0.3) is 5.91 Å². The highest BCUT2D eigenvalue weighted by molar-refractivity contribution is 5.94. The average Bonchev–Trinajstić information content (AvgIpc) is 3.22. The molecule has 8 heteroatoms. The second kappa shape index (κ2) is 8.55. The SMILES string of the molecule is CCC(C=O)Nc1cc(N2CCOc3cc(C(=O)N4CCCCC4)[nH]c32)ccn1. The highest BCUT2D eigenvalue weighted by atomic mass is 16.5. The van der Waals surface area contributed by atoms with E-state index in [1.165, 1.54) is 6.42 Å². The Morgan fingerprint density at radius 2 is 2.14 bits per heavy atom. The number of carbonyl (C=O) groups is 2. The number of amides is 1. The minimum absolute atomic E-state index is 0.0245. The molecule has 154 valence electrons. The summed E-state index contributed by atoms with van der Waals surface area (Å²) >= 11 is 0. The van der Waals surface area contributed by atoms with Crippen molar-refractivity contribution in [3.63, 3.8) is 0 Å². The molecule has 8 nitrogen and oxygen atoms in total. The Hall–Kier alpha value is -3.03. The molecule has 1 unspecified atom stereocenters. The number of piperidine rings is 1. The van der Waals surface area contributed by atoms with Gasteiger partial charge in [0.1, 0.15) is 24.4 Å². The molecule has 0 aliphatic carbocycles. The van der Waals surface area contributed by atoms with Crippen LogP contribution in [0.4, 0.5) is 17.3 Å². The first kappa shape index (κ1) is 19.3. The predicted molar refractivity (Wildman–Crippen MR) is 111 cm³/mol. The van der Waals surface area contributed by atoms with Crippen LogP contribution in [0.2, 0.25) is 0 Å². The van der Waals surface area contributed by atoms with Crippen LogP contribution in [-0.4, -0.2) is 59.3 Å². The number of hydrogen-bond donors (Lipinski definition) is 2. The van der Waals surface area contributed by atoms with Crippen LogP contribution in [0.15, 0.2) is 24.4 Å². The fourth-order valence-corrected chi connectivity index (χ4v) is 3.82. The number of likely N-dealkylation sites (tertiary alicyclic amines) is 1. The number of anilines is 3. The van der Waals surface area contributed by atoms with E-state index in [0.29, 0.717) is 36.8 Å². The maximum absolute atomic E-state index is 12.9. The number of ether oxygens (including phenoxy) is 1. The number of aldehydes is 1. The molecule has 0 radical (unpaired) electrons. The summed E-state index contributed by atoms with van der Waals surface area (Å²) in [5.74, 6) is 2.13. The highest BCUT2D eigenvalue weighted by Crippen LogP contribution is 2.37. The van der Waals surface area contributed by atoms with Gasteiger partial charge in [0.15, 0.2) is 11.6 Å². The number of H-pyrrole nitrogens is 1. The number of fused-ring (bicyclic) bond motifs is 1. The second-order valence-corrected chi connectivity index (χ2v) is 7.44. The standard InChI is InChI=1S/C21H27N5O3/c1-2-15(14-27)23-19-12-16(6-7-22-19)26-10-11-29-18-13-17(24-20(18)26)21(28)25-8-4-3-5-9-25/h6-7,12-15,24H,2-5,8-11H2,1H3,(H,22,23). The maximum Gasteiger partial charge on any atom is 0.270 e. The predicted octanol–water partition coefficient (Wildman–Crippen LogP) is 2.96. The summed E-state index contributed by atoms with van der Waals surface area (Å²) in [6, 6.07) is 5.36. The first-order chi connectivity index (χ1) is 14.2. The Kier molecular flexibility index (Phi) is 5.69. The van der Waals surface area contributed by atoms with Crippen LogP contribution in [0.5, 0.6) is 5.75 Å². The van der Waals surface area contributed by atoms with Gasteiger partial charge in [-0.2, -0.15) is 0 Å². The van der Waals surface area contributed by atoms with E-state index >= 15 is 0 Å². The molecular formula is C21H27N5O3. The van der Waals surface area contributed by atoms with Gasteiger partial charge in [-0.15, -0.1) is 0 Å². The van der Waals surface area contributed by atoms with Crippen LogP contribution in [0, 0.1) is 0 Å². The van der Waals surface area contributed by atoms with Crippen LogP contribution in [0.1, 0.15) is 43.1 Å². The molecule has 1 fully saturated rings. The van der Waals surface area contributed by atoms with Crippen molar-refractivity contribution in [2.45, 2.75) is 38.6 Å². The molecule has 0 bridgehead atoms. The summed E-state index contributed by atoms with van der Waals surface area (Å²) in [7, 11) is 0. The Bertz CT molecular complexity index is 875. The van der Waals surface area contributed by atoms with Crippen molar-refractivity contribution in [3.8, 4) is 5.75 Å². The van der Waals surface area contributed by atoms with Gasteiger partial charge in [0.2, 0.25) is 0 Å². The Morgan fingerprint density at radius 1 is 1.31 bits per heavy atom. The average molecular weight is 397 g/mol. The van der Waals surface area contributed by atoms with E-state index in [2.05, 4.69) is 20.2 Å². The lowest BCUT2D eigenvalue weighted by molar-refractivity contribution is -0.108. The molecule has 1 amide bonds. The number of carbonyl (C=O) groups excluding carboxylic acids is 2. The van der Waals surface area contributed by atoms with Gasteiger partial charge in [0.05, 0.1) is 12.6 Å². The largest absolute Gasteiger partial charge is 0.488 e. The number of aromatic amines is 1. The number of nitrogens with zero attached hydrogens (tertiary/aromatic N) is 3. The maximum atomic E-state index is 12.9. The van der Waals surface area contributed by atoms with Gasteiger partial charge < -0.3 is 29.6 Å². The van der Waals surface area contributed by atoms with Gasteiger partial charge in [-0.3, -0.25) is 4.79 Å². The number of nitrogens with one attached hydrogen (secondary N) is 2. The molecule has 2 aliphatic rings. The van der Waals surface area contributed by atoms with Gasteiger partial charge in [0, 0.05) is 37.1 Å². The van der Waals surface area contributed by atoms with E-state index in [9.17, 15) is 9.59 Å². The number of aromatic nitrogens is 2. The van der Waals surface area contributed by atoms with Crippen molar-refractivity contribution >= 4 is 29.5 Å². The van der Waals surface area contributed by atoms with Crippen LogP contribution in [-0.2, 0) is 4.79 Å². The summed E-state index contributed by atoms with van der Waals surface area (Å²) < 4.78 is 5.80. The lowest BCUT2D eigenvalue weighted by Crippen LogP contribution is -2.35. The minimum atomic E-state index is -0.266. The summed E-state index contributed by atoms with van der Waals surface area (Å²) in [6.07, 6.45) is 6.60. The van der Waals surface area contributed by atoms with Gasteiger partial charge in [-0.05, 0) is 31.7 Å². The molecule has 2 aromatic rings. The molecule has 2 aromatic heterocycles. The van der Waals surface area contributed by atoms with Crippen LogP contribution in [0.25, 0.3) is 0 Å². The molecule has 0 saturated carbocycles.